The van der Waals surface area contributed by atoms with E-state index in [-0.39, 0.29) is 30.1 Å². The summed E-state index contributed by atoms with van der Waals surface area (Å²) in [6, 6.07) is 0. The molecule has 1 unspecified atom stereocenters. The molecule has 3 rings (SSSR count). The maximum Gasteiger partial charge on any atom is 0.245 e. The van der Waals surface area contributed by atoms with E-state index in [1.807, 2.05) is 0 Å². The van der Waals surface area contributed by atoms with Crippen LogP contribution in [0.3, 0.4) is 0 Å². The summed E-state index contributed by atoms with van der Waals surface area (Å²) in [6.45, 7) is 4.26. The minimum absolute atomic E-state index is 0.00873. The Morgan fingerprint density at radius 2 is 1.95 bits per heavy atom. The number of carbonyl (C=O) groups is 2. The van der Waals surface area contributed by atoms with Crippen molar-refractivity contribution in [2.24, 2.45) is 0 Å². The molecule has 0 bridgehead atoms. The van der Waals surface area contributed by atoms with Crippen LogP contribution in [0.2, 0.25) is 0 Å². The molecule has 2 aliphatic heterocycles. The highest BCUT2D eigenvalue weighted by molar-refractivity contribution is 5.97. The maximum absolute atomic E-state index is 12.1. The SMILES string of the molecule is CC1(C)C(=O)NCC(=O)N1CC1CCC2(CCCC2)O1. The van der Waals surface area contributed by atoms with Crippen LogP contribution in [0.1, 0.15) is 52.4 Å². The van der Waals surface area contributed by atoms with Gasteiger partial charge in [0, 0.05) is 6.54 Å². The number of hydrogen-bond donors (Lipinski definition) is 1. The van der Waals surface area contributed by atoms with Crippen molar-refractivity contribution in [2.45, 2.75) is 69.6 Å². The third-order valence-electron chi connectivity index (χ3n) is 5.17. The lowest BCUT2D eigenvalue weighted by Gasteiger charge is -2.42. The molecule has 1 saturated carbocycles. The molecule has 3 aliphatic rings. The normalized spacial score (nSPS) is 31.9. The molecule has 2 heterocycles. The van der Waals surface area contributed by atoms with Crippen LogP contribution in [0, 0.1) is 0 Å². The number of amides is 2. The quantitative estimate of drug-likeness (QED) is 0.827. The monoisotopic (exact) mass is 280 g/mol. The van der Waals surface area contributed by atoms with Gasteiger partial charge in [-0.25, -0.2) is 0 Å². The average molecular weight is 280 g/mol. The van der Waals surface area contributed by atoms with E-state index in [0.717, 1.165) is 25.7 Å². The molecule has 1 aliphatic carbocycles. The Kier molecular flexibility index (Phi) is 3.27. The minimum Gasteiger partial charge on any atom is -0.370 e. The molecular formula is C15H24N2O3. The van der Waals surface area contributed by atoms with Gasteiger partial charge in [0.1, 0.15) is 5.54 Å². The third kappa shape index (κ3) is 2.22. The minimum atomic E-state index is -0.774. The van der Waals surface area contributed by atoms with Gasteiger partial charge in [0.25, 0.3) is 0 Å². The zero-order valence-corrected chi connectivity index (χ0v) is 12.4. The molecular weight excluding hydrogens is 256 g/mol. The van der Waals surface area contributed by atoms with Crippen molar-refractivity contribution < 1.29 is 14.3 Å². The summed E-state index contributed by atoms with van der Waals surface area (Å²) in [5.74, 6) is -0.0868. The predicted octanol–water partition coefficient (Wildman–Crippen LogP) is 1.22. The van der Waals surface area contributed by atoms with Crippen molar-refractivity contribution in [1.29, 1.82) is 0 Å². The van der Waals surface area contributed by atoms with Crippen molar-refractivity contribution >= 4 is 11.8 Å². The highest BCUT2D eigenvalue weighted by Crippen LogP contribution is 2.43. The van der Waals surface area contributed by atoms with E-state index in [4.69, 9.17) is 4.74 Å². The van der Waals surface area contributed by atoms with Crippen molar-refractivity contribution in [3.05, 3.63) is 0 Å². The van der Waals surface area contributed by atoms with E-state index in [1.165, 1.54) is 12.8 Å². The Balaban J connectivity index is 1.68. The lowest BCUT2D eigenvalue weighted by molar-refractivity contribution is -0.154. The molecule has 1 atom stereocenters. The molecule has 20 heavy (non-hydrogen) atoms. The second kappa shape index (κ2) is 4.72. The van der Waals surface area contributed by atoms with Gasteiger partial charge in [-0.2, -0.15) is 0 Å². The summed E-state index contributed by atoms with van der Waals surface area (Å²) in [5, 5.41) is 2.65. The van der Waals surface area contributed by atoms with Gasteiger partial charge in [0.15, 0.2) is 0 Å². The molecule has 2 amide bonds. The Hall–Kier alpha value is -1.10. The average Bonchev–Trinajstić information content (AvgIpc) is 3.02. The number of ether oxygens (including phenoxy) is 1. The molecule has 112 valence electrons. The van der Waals surface area contributed by atoms with Gasteiger partial charge in [-0.15, -0.1) is 0 Å². The highest BCUT2D eigenvalue weighted by Gasteiger charge is 2.46. The van der Waals surface area contributed by atoms with Gasteiger partial charge in [-0.3, -0.25) is 9.59 Å². The van der Waals surface area contributed by atoms with Crippen molar-refractivity contribution in [1.82, 2.24) is 10.2 Å². The van der Waals surface area contributed by atoms with Gasteiger partial charge < -0.3 is 15.0 Å². The topological polar surface area (TPSA) is 58.6 Å². The lowest BCUT2D eigenvalue weighted by Crippen LogP contribution is -2.65. The maximum atomic E-state index is 12.1. The summed E-state index contributed by atoms with van der Waals surface area (Å²) in [5.41, 5.74) is -0.694. The first-order valence-corrected chi connectivity index (χ1v) is 7.70. The van der Waals surface area contributed by atoms with Crippen LogP contribution in [0.25, 0.3) is 0 Å². The molecule has 2 saturated heterocycles. The first kappa shape index (κ1) is 13.9. The van der Waals surface area contributed by atoms with Crippen LogP contribution < -0.4 is 5.32 Å². The van der Waals surface area contributed by atoms with E-state index in [2.05, 4.69) is 5.32 Å². The summed E-state index contributed by atoms with van der Waals surface area (Å²) in [6.07, 6.45) is 7.01. The Morgan fingerprint density at radius 1 is 1.25 bits per heavy atom. The number of rotatable bonds is 2. The largest absolute Gasteiger partial charge is 0.370 e. The second-order valence-electron chi connectivity index (χ2n) is 6.91. The van der Waals surface area contributed by atoms with E-state index in [1.54, 1.807) is 18.7 Å². The number of hydrogen-bond acceptors (Lipinski definition) is 3. The van der Waals surface area contributed by atoms with E-state index < -0.39 is 5.54 Å². The van der Waals surface area contributed by atoms with Gasteiger partial charge in [0.05, 0.1) is 18.2 Å². The first-order valence-electron chi connectivity index (χ1n) is 7.70. The molecule has 1 N–H and O–H groups in total. The van der Waals surface area contributed by atoms with E-state index >= 15 is 0 Å². The number of carbonyl (C=O) groups excluding carboxylic acids is 2. The predicted molar refractivity (Wildman–Crippen MR) is 74.1 cm³/mol. The molecule has 0 aromatic heterocycles. The fraction of sp³-hybridized carbons (Fsp3) is 0.867. The molecule has 0 aromatic rings. The van der Waals surface area contributed by atoms with Crippen LogP contribution in [-0.4, -0.2) is 47.0 Å². The summed E-state index contributed by atoms with van der Waals surface area (Å²) >= 11 is 0. The van der Waals surface area contributed by atoms with Crippen molar-refractivity contribution in [2.75, 3.05) is 13.1 Å². The number of nitrogens with zero attached hydrogens (tertiary/aromatic N) is 1. The third-order valence-corrected chi connectivity index (χ3v) is 5.17. The van der Waals surface area contributed by atoms with E-state index in [0.29, 0.717) is 6.54 Å². The first-order chi connectivity index (χ1) is 9.43. The molecule has 0 aromatic carbocycles. The van der Waals surface area contributed by atoms with Gasteiger partial charge in [-0.1, -0.05) is 12.8 Å². The summed E-state index contributed by atoms with van der Waals surface area (Å²) in [7, 11) is 0. The van der Waals surface area contributed by atoms with Gasteiger partial charge >= 0.3 is 0 Å². The smallest absolute Gasteiger partial charge is 0.245 e. The summed E-state index contributed by atoms with van der Waals surface area (Å²) < 4.78 is 6.26. The molecule has 5 heteroatoms. The fourth-order valence-corrected chi connectivity index (χ4v) is 3.85. The Labute approximate surface area is 120 Å². The van der Waals surface area contributed by atoms with Crippen molar-refractivity contribution in [3.8, 4) is 0 Å². The van der Waals surface area contributed by atoms with Crippen LogP contribution in [-0.2, 0) is 14.3 Å². The lowest BCUT2D eigenvalue weighted by atomic mass is 9.96. The van der Waals surface area contributed by atoms with Gasteiger partial charge in [-0.05, 0) is 39.5 Å². The molecule has 5 nitrogen and oxygen atoms in total. The fourth-order valence-electron chi connectivity index (χ4n) is 3.85. The zero-order valence-electron chi connectivity index (χ0n) is 12.4. The van der Waals surface area contributed by atoms with Crippen LogP contribution in [0.15, 0.2) is 0 Å². The number of piperazine rings is 1. The highest BCUT2D eigenvalue weighted by atomic mass is 16.5. The number of nitrogens with one attached hydrogen (secondary N) is 1. The second-order valence-corrected chi connectivity index (χ2v) is 6.91. The van der Waals surface area contributed by atoms with Crippen LogP contribution >= 0.6 is 0 Å². The Morgan fingerprint density at radius 3 is 2.65 bits per heavy atom. The zero-order chi connectivity index (χ0) is 14.4. The van der Waals surface area contributed by atoms with Crippen molar-refractivity contribution in [3.63, 3.8) is 0 Å². The van der Waals surface area contributed by atoms with Gasteiger partial charge in [0.2, 0.25) is 11.8 Å². The van der Waals surface area contributed by atoms with Crippen LogP contribution in [0.5, 0.6) is 0 Å². The molecule has 1 spiro atoms. The molecule has 3 fully saturated rings. The summed E-state index contributed by atoms with van der Waals surface area (Å²) in [4.78, 5) is 25.8. The Bertz CT molecular complexity index is 427. The standard InChI is InChI=1S/C15H24N2O3/c1-14(2)13(19)16-9-12(18)17(14)10-11-5-8-15(20-11)6-3-4-7-15/h11H,3-10H2,1-2H3,(H,16,19). The van der Waals surface area contributed by atoms with Crippen LogP contribution in [0.4, 0.5) is 0 Å². The molecule has 0 radical (unpaired) electrons. The van der Waals surface area contributed by atoms with E-state index in [9.17, 15) is 9.59 Å².